The van der Waals surface area contributed by atoms with E-state index in [2.05, 4.69) is 22.2 Å². The molecule has 0 bridgehead atoms. The molecule has 2 amide bonds. The summed E-state index contributed by atoms with van der Waals surface area (Å²) in [6, 6.07) is 22.1. The molecule has 0 aliphatic carbocycles. The minimum absolute atomic E-state index is 0.0541. The van der Waals surface area contributed by atoms with Crippen LogP contribution in [0.5, 0.6) is 5.88 Å². The van der Waals surface area contributed by atoms with E-state index in [9.17, 15) is 14.7 Å². The van der Waals surface area contributed by atoms with Crippen LogP contribution in [0.25, 0.3) is 10.9 Å². The number of aromatic amines is 1. The van der Waals surface area contributed by atoms with Crippen LogP contribution in [0.1, 0.15) is 34.3 Å². The van der Waals surface area contributed by atoms with Gasteiger partial charge in [0, 0.05) is 35.2 Å². The molecule has 0 spiro atoms. The molecule has 206 valence electrons. The number of carbonyl (C=O) groups is 2. The van der Waals surface area contributed by atoms with Crippen molar-refractivity contribution in [2.45, 2.75) is 18.9 Å². The number of amides is 2. The molecular weight excluding hydrogens is 506 g/mol. The molecule has 4 aromatic rings. The number of H-pyrrole nitrogens is 1. The number of hydrogen-bond donors (Lipinski definition) is 3. The lowest BCUT2D eigenvalue weighted by Gasteiger charge is -2.30. The first-order chi connectivity index (χ1) is 19.3. The molecule has 1 aliphatic rings. The number of hydrogen-bond acceptors (Lipinski definition) is 6. The third-order valence-corrected chi connectivity index (χ3v) is 7.31. The lowest BCUT2D eigenvalue weighted by molar-refractivity contribution is 0.0601. The van der Waals surface area contributed by atoms with E-state index in [0.29, 0.717) is 28.0 Å². The molecule has 3 N–H and O–H groups in total. The number of anilines is 1. The summed E-state index contributed by atoms with van der Waals surface area (Å²) in [5, 5.41) is 14.8. The minimum Gasteiger partial charge on any atom is -0.494 e. The summed E-state index contributed by atoms with van der Waals surface area (Å²) in [6.45, 7) is 1.95. The number of aromatic hydroxyl groups is 1. The van der Waals surface area contributed by atoms with Gasteiger partial charge in [-0.3, -0.25) is 4.90 Å². The van der Waals surface area contributed by atoms with Gasteiger partial charge in [0.2, 0.25) is 0 Å². The number of methoxy groups -OCH3 is 1. The van der Waals surface area contributed by atoms with E-state index in [4.69, 9.17) is 9.73 Å². The number of benzene rings is 3. The Kier molecular flexibility index (Phi) is 7.84. The summed E-state index contributed by atoms with van der Waals surface area (Å²) >= 11 is 0. The molecule has 1 aliphatic heterocycles. The van der Waals surface area contributed by atoms with Crippen molar-refractivity contribution in [3.05, 3.63) is 89.5 Å². The Balaban J connectivity index is 1.44. The third-order valence-electron chi connectivity index (χ3n) is 7.31. The Bertz CT molecular complexity index is 1540. The van der Waals surface area contributed by atoms with Crippen molar-refractivity contribution >= 4 is 40.0 Å². The molecule has 0 radical (unpaired) electrons. The number of aromatic nitrogens is 1. The monoisotopic (exact) mass is 539 g/mol. The summed E-state index contributed by atoms with van der Waals surface area (Å²) in [7, 11) is 5.18. The number of carbonyl (C=O) groups excluding carboxylic acids is 2. The lowest BCUT2D eigenvalue weighted by atomic mass is 10.00. The predicted octanol–water partition coefficient (Wildman–Crippen LogP) is 5.07. The van der Waals surface area contributed by atoms with Gasteiger partial charge in [-0.1, -0.05) is 36.4 Å². The third kappa shape index (κ3) is 5.69. The van der Waals surface area contributed by atoms with Gasteiger partial charge in [-0.05, 0) is 69.4 Å². The maximum atomic E-state index is 12.9. The zero-order valence-corrected chi connectivity index (χ0v) is 22.8. The molecule has 0 atom stereocenters. The lowest BCUT2D eigenvalue weighted by Crippen LogP contribution is -2.47. The SMILES string of the molecule is COC(=O)c1ccc2c(C(=Nc3ccc(N(C)C(=O)NC4CCN(C)CC4)cc3)c3ccccc3)c(O)[nH]c2c1. The zero-order valence-electron chi connectivity index (χ0n) is 22.8. The second-order valence-electron chi connectivity index (χ2n) is 10.0. The fourth-order valence-corrected chi connectivity index (χ4v) is 4.95. The number of esters is 1. The Morgan fingerprint density at radius 1 is 1.02 bits per heavy atom. The van der Waals surface area contributed by atoms with Crippen LogP contribution in [0.3, 0.4) is 0 Å². The summed E-state index contributed by atoms with van der Waals surface area (Å²) in [4.78, 5) is 36.6. The van der Waals surface area contributed by atoms with E-state index in [1.807, 2.05) is 54.6 Å². The van der Waals surface area contributed by atoms with Crippen molar-refractivity contribution in [2.24, 2.45) is 4.99 Å². The summed E-state index contributed by atoms with van der Waals surface area (Å²) in [5.41, 5.74) is 4.27. The van der Waals surface area contributed by atoms with Crippen LogP contribution in [0.4, 0.5) is 16.2 Å². The van der Waals surface area contributed by atoms with Crippen LogP contribution in [0.15, 0.2) is 77.8 Å². The number of ether oxygens (including phenoxy) is 1. The van der Waals surface area contributed by atoms with Crippen molar-refractivity contribution in [3.8, 4) is 5.88 Å². The van der Waals surface area contributed by atoms with Gasteiger partial charge in [-0.15, -0.1) is 0 Å². The molecule has 1 aromatic heterocycles. The topological polar surface area (TPSA) is 110 Å². The highest BCUT2D eigenvalue weighted by atomic mass is 16.5. The van der Waals surface area contributed by atoms with Gasteiger partial charge in [0.1, 0.15) is 0 Å². The molecule has 1 fully saturated rings. The number of nitrogens with one attached hydrogen (secondary N) is 2. The average molecular weight is 540 g/mol. The first-order valence-electron chi connectivity index (χ1n) is 13.2. The number of rotatable bonds is 6. The number of likely N-dealkylation sites (tertiary alicyclic amines) is 1. The van der Waals surface area contributed by atoms with Crippen LogP contribution in [-0.2, 0) is 4.74 Å². The average Bonchev–Trinajstić information content (AvgIpc) is 3.31. The van der Waals surface area contributed by atoms with Crippen LogP contribution >= 0.6 is 0 Å². The number of nitrogens with zero attached hydrogens (tertiary/aromatic N) is 3. The second-order valence-corrected chi connectivity index (χ2v) is 10.0. The van der Waals surface area contributed by atoms with E-state index in [1.54, 1.807) is 30.1 Å². The van der Waals surface area contributed by atoms with E-state index < -0.39 is 5.97 Å². The zero-order chi connectivity index (χ0) is 28.2. The quantitative estimate of drug-likeness (QED) is 0.234. The molecule has 5 rings (SSSR count). The standard InChI is InChI=1S/C31H33N5O4/c1-35-17-15-23(16-18-35)33-31(39)36(2)24-12-10-22(11-13-24)32-28(20-7-5-4-6-8-20)27-25-14-9-21(30(38)40-3)19-26(25)34-29(27)37/h4-14,19,23,34,37H,15-18H2,1-3H3,(H,33,39). The summed E-state index contributed by atoms with van der Waals surface area (Å²) in [5.74, 6) is -0.513. The van der Waals surface area contributed by atoms with Gasteiger partial charge in [0.25, 0.3) is 0 Å². The van der Waals surface area contributed by atoms with Gasteiger partial charge in [0.05, 0.1) is 29.6 Å². The van der Waals surface area contributed by atoms with Crippen LogP contribution in [0, 0.1) is 0 Å². The van der Waals surface area contributed by atoms with Crippen molar-refractivity contribution in [3.63, 3.8) is 0 Å². The number of aliphatic imine (C=N–C) groups is 1. The molecule has 9 nitrogen and oxygen atoms in total. The van der Waals surface area contributed by atoms with Gasteiger partial charge in [-0.25, -0.2) is 14.6 Å². The van der Waals surface area contributed by atoms with Crippen molar-refractivity contribution in [1.29, 1.82) is 0 Å². The normalized spacial score (nSPS) is 14.7. The maximum absolute atomic E-state index is 12.9. The van der Waals surface area contributed by atoms with Gasteiger partial charge >= 0.3 is 12.0 Å². The number of urea groups is 1. The molecule has 9 heteroatoms. The highest BCUT2D eigenvalue weighted by Gasteiger charge is 2.22. The van der Waals surface area contributed by atoms with Crippen molar-refractivity contribution in [2.75, 3.05) is 39.2 Å². The van der Waals surface area contributed by atoms with Crippen LogP contribution in [0.2, 0.25) is 0 Å². The van der Waals surface area contributed by atoms with Crippen LogP contribution < -0.4 is 10.2 Å². The highest BCUT2D eigenvalue weighted by Crippen LogP contribution is 2.32. The van der Waals surface area contributed by atoms with Gasteiger partial charge in [-0.2, -0.15) is 0 Å². The molecule has 1 saturated heterocycles. The Morgan fingerprint density at radius 2 is 1.73 bits per heavy atom. The Hall–Kier alpha value is -4.63. The van der Waals surface area contributed by atoms with E-state index in [-0.39, 0.29) is 18.0 Å². The number of piperidine rings is 1. The van der Waals surface area contributed by atoms with E-state index in [1.165, 1.54) is 7.11 Å². The largest absolute Gasteiger partial charge is 0.494 e. The number of fused-ring (bicyclic) bond motifs is 1. The van der Waals surface area contributed by atoms with Gasteiger partial charge in [0.15, 0.2) is 5.88 Å². The molecular formula is C31H33N5O4. The predicted molar refractivity (Wildman–Crippen MR) is 157 cm³/mol. The maximum Gasteiger partial charge on any atom is 0.337 e. The van der Waals surface area contributed by atoms with E-state index >= 15 is 0 Å². The Labute approximate surface area is 233 Å². The molecule has 2 heterocycles. The first-order valence-corrected chi connectivity index (χ1v) is 13.2. The van der Waals surface area contributed by atoms with Crippen molar-refractivity contribution < 1.29 is 19.4 Å². The highest BCUT2D eigenvalue weighted by molar-refractivity contribution is 6.22. The Morgan fingerprint density at radius 3 is 2.40 bits per heavy atom. The summed E-state index contributed by atoms with van der Waals surface area (Å²) < 4.78 is 4.83. The molecule has 40 heavy (non-hydrogen) atoms. The minimum atomic E-state index is -0.459. The molecule has 3 aromatic carbocycles. The fraction of sp³-hybridized carbons (Fsp3) is 0.258. The van der Waals surface area contributed by atoms with Crippen LogP contribution in [-0.4, -0.2) is 73.0 Å². The molecule has 0 unspecified atom stereocenters. The first kappa shape index (κ1) is 27.0. The van der Waals surface area contributed by atoms with Gasteiger partial charge < -0.3 is 25.0 Å². The summed E-state index contributed by atoms with van der Waals surface area (Å²) in [6.07, 6.45) is 1.88. The van der Waals surface area contributed by atoms with Crippen molar-refractivity contribution in [1.82, 2.24) is 15.2 Å². The van der Waals surface area contributed by atoms with E-state index in [0.717, 1.165) is 42.6 Å². The smallest absolute Gasteiger partial charge is 0.337 e. The second kappa shape index (κ2) is 11.6. The molecule has 0 saturated carbocycles. The fourth-order valence-electron chi connectivity index (χ4n) is 4.95.